The molecule has 0 aliphatic carbocycles. The minimum absolute atomic E-state index is 0.0659. The van der Waals surface area contributed by atoms with Crippen LogP contribution in [0.4, 0.5) is 0 Å². The van der Waals surface area contributed by atoms with E-state index >= 15 is 0 Å². The van der Waals surface area contributed by atoms with Gasteiger partial charge >= 0.3 is 5.97 Å². The van der Waals surface area contributed by atoms with Crippen LogP contribution in [0, 0.1) is 17.8 Å². The van der Waals surface area contributed by atoms with Gasteiger partial charge < -0.3 is 113 Å². The summed E-state index contributed by atoms with van der Waals surface area (Å²) in [5.41, 5.74) is 28.2. The summed E-state index contributed by atoms with van der Waals surface area (Å²) in [4.78, 5) is 219. The molecule has 37 nitrogen and oxygen atoms in total. The molecule has 0 aromatic heterocycles. The van der Waals surface area contributed by atoms with E-state index in [1.807, 2.05) is 13.8 Å². The lowest BCUT2D eigenvalue weighted by Crippen LogP contribution is -2.62. The number of aliphatic carboxylic acids is 1. The second kappa shape index (κ2) is 52.4. The van der Waals surface area contributed by atoms with Crippen molar-refractivity contribution in [1.29, 1.82) is 0 Å². The molecule has 1 heterocycles. The average molecular weight is 1520 g/mol. The number of hydrogen-bond acceptors (Lipinski definition) is 21. The summed E-state index contributed by atoms with van der Waals surface area (Å²) in [6, 6.07) is -18.4. The molecule has 1 aliphatic heterocycles. The van der Waals surface area contributed by atoms with E-state index in [4.69, 9.17) is 28.7 Å². The minimum Gasteiger partial charge on any atom is -0.481 e. The van der Waals surface area contributed by atoms with Crippen molar-refractivity contribution in [3.05, 3.63) is 0 Å². The molecule has 1 fully saturated rings. The van der Waals surface area contributed by atoms with Crippen molar-refractivity contribution in [2.75, 3.05) is 39.4 Å². The Morgan fingerprint density at radius 3 is 1.06 bits per heavy atom. The number of rotatable bonds is 56. The third-order valence-corrected chi connectivity index (χ3v) is 18.7. The standard InChI is InChI=1S/C70H126N18O19/c1-10-14-23-43(58(75)95)76-59(96)45(25-16-19-33-71)77-60(97)44(24-15-11-2)78-65(102)50(37-89)84-70(107)57(41(8)13-4)87-64(101)47(27-18-21-35-73)81-68(105)55(39(5)6)85-66(103)51(38-90)83-62(99)48(29-31-53(74)92)79-61(98)49(30-32-54(93)94)82-69(106)56(40(7)12-3)86-63(100)46(26-17-20-34-72)80-67(104)52-28-22-36-88(52)42(9)91/h39-41,43-52,55-57,89-90H,10-38,71-73H2,1-9H3,(H2,74,92)(H2,75,95)(H,76,96)(H,77,97)(H,78,102)(H,79,98)(H,80,104)(H,81,105)(H,82,106)(H,83,99)(H,84,107)(H,85,103)(H,86,100)(H,87,101)(H,93,94)/t40-,41-,43?,44?,45-,46-,47-,48-,49-,50-,51-,52-,55-,56-,57-/m0/s1. The molecule has 0 aromatic carbocycles. The molecule has 0 spiro atoms. The van der Waals surface area contributed by atoms with Gasteiger partial charge in [-0.15, -0.1) is 0 Å². The molecular formula is C70H126N18O19. The van der Waals surface area contributed by atoms with Crippen LogP contribution in [0.25, 0.3) is 0 Å². The lowest BCUT2D eigenvalue weighted by molar-refractivity contribution is -0.139. The van der Waals surface area contributed by atoms with E-state index in [1.54, 1.807) is 27.7 Å². The summed E-state index contributed by atoms with van der Waals surface area (Å²) in [7, 11) is 0. The molecule has 15 atom stereocenters. The fourth-order valence-electron chi connectivity index (χ4n) is 11.7. The Kier molecular flexibility index (Phi) is 47.1. The Balaban J connectivity index is 3.54. The highest BCUT2D eigenvalue weighted by Gasteiger charge is 2.40. The number of hydrogen-bond donors (Lipinski definition) is 20. The smallest absolute Gasteiger partial charge is 0.303 e. The highest BCUT2D eigenvalue weighted by atomic mass is 16.4. The van der Waals surface area contributed by atoms with Crippen molar-refractivity contribution >= 4 is 94.6 Å². The number of aliphatic hydroxyl groups excluding tert-OH is 2. The Morgan fingerprint density at radius 1 is 0.393 bits per heavy atom. The predicted molar refractivity (Wildman–Crippen MR) is 394 cm³/mol. The van der Waals surface area contributed by atoms with Crippen LogP contribution in [-0.2, 0) is 76.7 Å². The molecular weight excluding hydrogens is 1400 g/mol. The van der Waals surface area contributed by atoms with E-state index in [0.717, 1.165) is 0 Å². The van der Waals surface area contributed by atoms with Gasteiger partial charge in [-0.05, 0) is 134 Å². The van der Waals surface area contributed by atoms with E-state index in [1.165, 1.54) is 25.7 Å². The molecule has 1 rings (SSSR count). The Hall–Kier alpha value is -8.68. The van der Waals surface area contributed by atoms with Crippen molar-refractivity contribution in [3.8, 4) is 0 Å². The predicted octanol–water partition coefficient (Wildman–Crippen LogP) is -4.07. The van der Waals surface area contributed by atoms with Gasteiger partial charge in [-0.25, -0.2) is 0 Å². The number of likely N-dealkylation sites (tertiary alicyclic amines) is 1. The maximum atomic E-state index is 14.4. The zero-order valence-electron chi connectivity index (χ0n) is 64.0. The van der Waals surface area contributed by atoms with Crippen molar-refractivity contribution in [1.82, 2.24) is 68.7 Å². The largest absolute Gasteiger partial charge is 0.481 e. The molecule has 1 saturated heterocycles. The Bertz CT molecular complexity index is 2910. The van der Waals surface area contributed by atoms with Crippen LogP contribution in [0.2, 0.25) is 0 Å². The lowest BCUT2D eigenvalue weighted by atomic mass is 9.96. The van der Waals surface area contributed by atoms with Gasteiger partial charge in [0, 0.05) is 26.3 Å². The van der Waals surface area contributed by atoms with Crippen LogP contribution in [0.3, 0.4) is 0 Å². The van der Waals surface area contributed by atoms with Crippen molar-refractivity contribution < 1.29 is 92.0 Å². The summed E-state index contributed by atoms with van der Waals surface area (Å²) >= 11 is 0. The highest BCUT2D eigenvalue weighted by molar-refractivity contribution is 6.00. The number of aliphatic hydroxyl groups is 2. The number of carboxylic acids is 1. The molecule has 1 aliphatic rings. The number of nitrogens with zero attached hydrogens (tertiary/aromatic N) is 1. The third-order valence-electron chi connectivity index (χ3n) is 18.7. The number of nitrogens with one attached hydrogen (secondary N) is 12. The second-order valence-corrected chi connectivity index (χ2v) is 27.7. The summed E-state index contributed by atoms with van der Waals surface area (Å²) in [5, 5.41) is 61.4. The molecule has 0 aromatic rings. The average Bonchev–Trinajstić information content (AvgIpc) is 1.47. The van der Waals surface area contributed by atoms with E-state index < -0.39 is 224 Å². The number of unbranched alkanes of at least 4 members (excludes halogenated alkanes) is 5. The maximum absolute atomic E-state index is 14.4. The van der Waals surface area contributed by atoms with E-state index in [9.17, 15) is 92.0 Å². The fraction of sp³-hybridized carbons (Fsp3) is 0.771. The van der Waals surface area contributed by atoms with Gasteiger partial charge in [0.1, 0.15) is 78.5 Å². The number of carboxylic acid groups (broad SMARTS) is 1. The molecule has 2 unspecified atom stereocenters. The van der Waals surface area contributed by atoms with Crippen LogP contribution in [0.5, 0.6) is 0 Å². The van der Waals surface area contributed by atoms with Crippen LogP contribution in [0.15, 0.2) is 0 Å². The van der Waals surface area contributed by atoms with Gasteiger partial charge in [0.2, 0.25) is 88.6 Å². The van der Waals surface area contributed by atoms with Crippen molar-refractivity contribution in [2.45, 2.75) is 289 Å². The molecule has 25 N–H and O–H groups in total. The van der Waals surface area contributed by atoms with Gasteiger partial charge in [-0.3, -0.25) is 76.7 Å². The van der Waals surface area contributed by atoms with Gasteiger partial charge in [0.15, 0.2) is 0 Å². The number of nitrogens with two attached hydrogens (primary N) is 5. The highest BCUT2D eigenvalue weighted by Crippen LogP contribution is 2.20. The SMILES string of the molecule is CCCCC(NC(=O)[C@H](CCCCN)NC(=O)C(CCCC)NC(=O)[C@H](CO)NC(=O)[C@@H](NC(=O)[C@H](CCCCN)NC(=O)[C@@H](NC(=O)[C@H](CO)NC(=O)[C@H](CCC(N)=O)NC(=O)[C@H](CCC(=O)O)NC(=O)[C@@H](NC(=O)[C@H](CCCCN)NC(=O)[C@@H]1CCCN1C(C)=O)[C@@H](C)CC)C(C)C)[C@@H](C)CC)C(N)=O. The van der Waals surface area contributed by atoms with Gasteiger partial charge in [0.05, 0.1) is 13.2 Å². The van der Waals surface area contributed by atoms with Crippen LogP contribution < -0.4 is 92.5 Å². The van der Waals surface area contributed by atoms with Crippen molar-refractivity contribution in [2.24, 2.45) is 46.4 Å². The molecule has 37 heteroatoms. The number of primary amides is 2. The monoisotopic (exact) mass is 1520 g/mol. The molecule has 15 amide bonds. The summed E-state index contributed by atoms with van der Waals surface area (Å²) in [6.45, 7) is 13.7. The van der Waals surface area contributed by atoms with E-state index in [0.29, 0.717) is 83.7 Å². The third kappa shape index (κ3) is 35.3. The molecule has 610 valence electrons. The summed E-state index contributed by atoms with van der Waals surface area (Å²) in [5.74, 6) is -16.7. The molecule has 0 radical (unpaired) electrons. The Morgan fingerprint density at radius 2 is 0.701 bits per heavy atom. The second-order valence-electron chi connectivity index (χ2n) is 27.7. The van der Waals surface area contributed by atoms with Gasteiger partial charge in [0.25, 0.3) is 0 Å². The van der Waals surface area contributed by atoms with Crippen LogP contribution in [-0.4, -0.2) is 233 Å². The van der Waals surface area contributed by atoms with E-state index in [-0.39, 0.29) is 70.4 Å². The first-order valence-corrected chi connectivity index (χ1v) is 37.7. The number of carbonyl (C=O) groups excluding carboxylic acids is 15. The fourth-order valence-corrected chi connectivity index (χ4v) is 11.7. The van der Waals surface area contributed by atoms with Crippen LogP contribution >= 0.6 is 0 Å². The molecule has 107 heavy (non-hydrogen) atoms. The topological polar surface area (TPSA) is 612 Å². The number of carbonyl (C=O) groups is 16. The van der Waals surface area contributed by atoms with Gasteiger partial charge in [-0.2, -0.15) is 0 Å². The molecule has 0 saturated carbocycles. The normalized spacial score (nSPS) is 16.6. The van der Waals surface area contributed by atoms with Crippen molar-refractivity contribution in [3.63, 3.8) is 0 Å². The summed E-state index contributed by atoms with van der Waals surface area (Å²) < 4.78 is 0. The van der Waals surface area contributed by atoms with Crippen LogP contribution in [0.1, 0.15) is 210 Å². The number of amides is 15. The maximum Gasteiger partial charge on any atom is 0.303 e. The minimum atomic E-state index is -1.90. The molecule has 0 bridgehead atoms. The first-order chi connectivity index (χ1) is 50.6. The zero-order chi connectivity index (χ0) is 81.0. The first-order valence-electron chi connectivity index (χ1n) is 37.7. The first kappa shape index (κ1) is 96.3. The van der Waals surface area contributed by atoms with Gasteiger partial charge in [-0.1, -0.05) is 93.9 Å². The quantitative estimate of drug-likeness (QED) is 0.0258. The Labute approximate surface area is 627 Å². The zero-order valence-corrected chi connectivity index (χ0v) is 64.0. The lowest BCUT2D eigenvalue weighted by Gasteiger charge is -2.30. The summed E-state index contributed by atoms with van der Waals surface area (Å²) in [6.07, 6.45) is 4.16. The van der Waals surface area contributed by atoms with E-state index in [2.05, 4.69) is 63.8 Å².